The Morgan fingerprint density at radius 1 is 1.06 bits per heavy atom. The van der Waals surface area contributed by atoms with E-state index >= 15 is 0 Å². The molecule has 1 amide bonds. The molecule has 2 atom stereocenters. The average Bonchev–Trinajstić information content (AvgIpc) is 3.29. The summed E-state index contributed by atoms with van der Waals surface area (Å²) in [7, 11) is 1.58. The predicted octanol–water partition coefficient (Wildman–Crippen LogP) is 4.15. The van der Waals surface area contributed by atoms with Crippen molar-refractivity contribution in [3.63, 3.8) is 0 Å². The number of amides is 1. The highest BCUT2D eigenvalue weighted by Gasteiger charge is 2.49. The van der Waals surface area contributed by atoms with Gasteiger partial charge in [0.2, 0.25) is 5.91 Å². The van der Waals surface area contributed by atoms with Crippen LogP contribution in [0.5, 0.6) is 0 Å². The van der Waals surface area contributed by atoms with Crippen LogP contribution in [-0.2, 0) is 10.3 Å². The maximum atomic E-state index is 13.3. The van der Waals surface area contributed by atoms with Gasteiger partial charge in [0.25, 0.3) is 0 Å². The zero-order valence-electron chi connectivity index (χ0n) is 17.0. The van der Waals surface area contributed by atoms with Crippen molar-refractivity contribution in [2.75, 3.05) is 7.05 Å². The maximum Gasteiger partial charge on any atom is 0.239 e. The minimum atomic E-state index is -0.871. The first-order valence-electron chi connectivity index (χ1n) is 9.61. The van der Waals surface area contributed by atoms with E-state index in [2.05, 4.69) is 17.5 Å². The van der Waals surface area contributed by atoms with Crippen LogP contribution in [0.4, 0.5) is 0 Å². The number of carbonyl (C=O) groups is 1. The molecule has 0 saturated carbocycles. The first-order chi connectivity index (χ1) is 14.9. The number of benzene rings is 2. The highest BCUT2D eigenvalue weighted by molar-refractivity contribution is 7.10. The summed E-state index contributed by atoms with van der Waals surface area (Å²) in [6.07, 6.45) is 0. The zero-order chi connectivity index (χ0) is 22.2. The highest BCUT2D eigenvalue weighted by Crippen LogP contribution is 2.44. The summed E-state index contributed by atoms with van der Waals surface area (Å²) in [6.45, 7) is 1.91. The number of likely N-dealkylation sites (N-methyl/N-ethyl adjacent to an activating group) is 1. The van der Waals surface area contributed by atoms with Crippen molar-refractivity contribution in [1.82, 2.24) is 10.2 Å². The lowest BCUT2D eigenvalue weighted by Gasteiger charge is -2.45. The second-order valence-electron chi connectivity index (χ2n) is 7.64. The Kier molecular flexibility index (Phi) is 5.06. The smallest absolute Gasteiger partial charge is 0.239 e. The lowest BCUT2D eigenvalue weighted by molar-refractivity contribution is -0.131. The molecule has 1 saturated heterocycles. The summed E-state index contributed by atoms with van der Waals surface area (Å²) in [4.78, 5) is 15.5. The van der Waals surface area contributed by atoms with Crippen LogP contribution in [0.15, 0.2) is 60.0 Å². The molecular formula is C24H19N5OS. The third-order valence-electron chi connectivity index (χ3n) is 5.65. The number of rotatable bonds is 3. The fourth-order valence-corrected chi connectivity index (χ4v) is 5.02. The Morgan fingerprint density at radius 2 is 1.74 bits per heavy atom. The van der Waals surface area contributed by atoms with Crippen LogP contribution in [0.25, 0.3) is 11.1 Å². The summed E-state index contributed by atoms with van der Waals surface area (Å²) in [5.41, 5.74) is 2.78. The molecule has 1 fully saturated rings. The number of nitriles is 2. The van der Waals surface area contributed by atoms with Crippen LogP contribution in [0, 0.1) is 28.1 Å². The minimum absolute atomic E-state index is 0.0293. The van der Waals surface area contributed by atoms with Crippen LogP contribution < -0.4 is 5.32 Å². The van der Waals surface area contributed by atoms with Gasteiger partial charge < -0.3 is 5.32 Å². The number of thiophene rings is 1. The van der Waals surface area contributed by atoms with Crippen molar-refractivity contribution >= 4 is 23.2 Å². The molecule has 0 aliphatic carbocycles. The molecule has 1 aliphatic heterocycles. The van der Waals surface area contributed by atoms with E-state index in [-0.39, 0.29) is 11.9 Å². The quantitative estimate of drug-likeness (QED) is 0.658. The molecular weight excluding hydrogens is 406 g/mol. The molecule has 0 spiro atoms. The summed E-state index contributed by atoms with van der Waals surface area (Å²) < 4.78 is 0. The SMILES string of the molecule is CN1C(=N)N[C@](C)(c2cc(-c3cccc(C#N)c3)cs2)[C@H](c2cccc(C#N)c2)C1=O. The Bertz CT molecular complexity index is 1280. The van der Waals surface area contributed by atoms with Crippen LogP contribution in [0.1, 0.15) is 34.4 Å². The molecule has 1 aliphatic rings. The van der Waals surface area contributed by atoms with Crippen LogP contribution >= 0.6 is 11.3 Å². The molecule has 2 aromatic carbocycles. The van der Waals surface area contributed by atoms with E-state index in [4.69, 9.17) is 5.41 Å². The van der Waals surface area contributed by atoms with E-state index in [1.807, 2.05) is 42.6 Å². The topological polar surface area (TPSA) is 104 Å². The van der Waals surface area contributed by atoms with Gasteiger partial charge in [-0.15, -0.1) is 11.3 Å². The van der Waals surface area contributed by atoms with Crippen LogP contribution in [0.2, 0.25) is 0 Å². The molecule has 4 rings (SSSR count). The Labute approximate surface area is 184 Å². The highest BCUT2D eigenvalue weighted by atomic mass is 32.1. The third-order valence-corrected chi connectivity index (χ3v) is 6.82. The summed E-state index contributed by atoms with van der Waals surface area (Å²) in [5.74, 6) is -0.791. The zero-order valence-corrected chi connectivity index (χ0v) is 17.8. The van der Waals surface area contributed by atoms with Crippen LogP contribution in [-0.4, -0.2) is 23.8 Å². The summed E-state index contributed by atoms with van der Waals surface area (Å²) in [6, 6.07) is 20.7. The van der Waals surface area contributed by atoms with Gasteiger partial charge in [0, 0.05) is 11.9 Å². The molecule has 0 bridgehead atoms. The van der Waals surface area contributed by atoms with Gasteiger partial charge in [-0.2, -0.15) is 10.5 Å². The monoisotopic (exact) mass is 425 g/mol. The molecule has 3 aromatic rings. The lowest BCUT2D eigenvalue weighted by atomic mass is 9.76. The first-order valence-corrected chi connectivity index (χ1v) is 10.5. The van der Waals surface area contributed by atoms with E-state index in [0.717, 1.165) is 21.6 Å². The molecule has 152 valence electrons. The normalized spacial score (nSPS) is 20.6. The van der Waals surface area contributed by atoms with Gasteiger partial charge in [0.1, 0.15) is 0 Å². The molecule has 0 radical (unpaired) electrons. The molecule has 6 nitrogen and oxygen atoms in total. The van der Waals surface area contributed by atoms with E-state index in [1.54, 1.807) is 31.3 Å². The van der Waals surface area contributed by atoms with Crippen molar-refractivity contribution in [2.24, 2.45) is 0 Å². The second-order valence-corrected chi connectivity index (χ2v) is 8.55. The Balaban J connectivity index is 1.83. The number of nitrogens with zero attached hydrogens (tertiary/aromatic N) is 3. The number of guanidine groups is 1. The predicted molar refractivity (Wildman–Crippen MR) is 119 cm³/mol. The Hall–Kier alpha value is -3.94. The summed E-state index contributed by atoms with van der Waals surface area (Å²) in [5, 5.41) is 32.0. The molecule has 7 heteroatoms. The van der Waals surface area contributed by atoms with Gasteiger partial charge in [-0.25, -0.2) is 0 Å². The molecule has 0 unspecified atom stereocenters. The molecule has 31 heavy (non-hydrogen) atoms. The fraction of sp³-hybridized carbons (Fsp3) is 0.167. The molecule has 2 N–H and O–H groups in total. The van der Waals surface area contributed by atoms with Gasteiger partial charge in [0.15, 0.2) is 5.96 Å². The van der Waals surface area contributed by atoms with E-state index in [1.165, 1.54) is 16.2 Å². The largest absolute Gasteiger partial charge is 0.345 e. The first kappa shape index (κ1) is 20.3. The van der Waals surface area contributed by atoms with E-state index in [0.29, 0.717) is 11.1 Å². The van der Waals surface area contributed by atoms with Gasteiger partial charge in [-0.3, -0.25) is 15.1 Å². The van der Waals surface area contributed by atoms with E-state index in [9.17, 15) is 15.3 Å². The maximum absolute atomic E-state index is 13.3. The number of hydrogen-bond acceptors (Lipinski definition) is 5. The van der Waals surface area contributed by atoms with Gasteiger partial charge in [0.05, 0.1) is 34.7 Å². The second kappa shape index (κ2) is 7.71. The van der Waals surface area contributed by atoms with Gasteiger partial charge >= 0.3 is 0 Å². The lowest BCUT2D eigenvalue weighted by Crippen LogP contribution is -2.62. The Morgan fingerprint density at radius 3 is 2.45 bits per heavy atom. The van der Waals surface area contributed by atoms with Crippen molar-refractivity contribution in [3.8, 4) is 23.3 Å². The van der Waals surface area contributed by atoms with Gasteiger partial charge in [-0.1, -0.05) is 24.3 Å². The van der Waals surface area contributed by atoms with Crippen molar-refractivity contribution in [1.29, 1.82) is 15.9 Å². The van der Waals surface area contributed by atoms with Gasteiger partial charge in [-0.05, 0) is 59.3 Å². The fourth-order valence-electron chi connectivity index (χ4n) is 3.95. The number of carbonyl (C=O) groups excluding carboxylic acids is 1. The van der Waals surface area contributed by atoms with Crippen LogP contribution in [0.3, 0.4) is 0 Å². The third kappa shape index (κ3) is 3.46. The number of hydrogen-bond donors (Lipinski definition) is 2. The van der Waals surface area contributed by atoms with E-state index < -0.39 is 11.5 Å². The van der Waals surface area contributed by atoms with Crippen molar-refractivity contribution in [3.05, 3.63) is 81.5 Å². The molecule has 2 heterocycles. The summed E-state index contributed by atoms with van der Waals surface area (Å²) >= 11 is 1.50. The minimum Gasteiger partial charge on any atom is -0.345 e. The van der Waals surface area contributed by atoms with Crippen molar-refractivity contribution < 1.29 is 4.79 Å². The average molecular weight is 426 g/mol. The standard InChI is InChI=1S/C24H19N5OS/c1-24(20-11-19(14-31-20)17-7-3-5-15(9-17)12-25)21(22(30)29(2)23(27)28-24)18-8-4-6-16(10-18)13-26/h3-11,14,21H,1-2H3,(H2,27,28)/t21-,24-/m1/s1. The molecule has 1 aromatic heterocycles. The number of nitrogens with one attached hydrogen (secondary N) is 2. The van der Waals surface area contributed by atoms with Crippen molar-refractivity contribution in [2.45, 2.75) is 18.4 Å².